The van der Waals surface area contributed by atoms with Crippen molar-refractivity contribution in [1.29, 1.82) is 0 Å². The average molecular weight is 241 g/mol. The van der Waals surface area contributed by atoms with Crippen molar-refractivity contribution in [3.8, 4) is 5.75 Å². The number of methoxy groups -OCH3 is 1. The van der Waals surface area contributed by atoms with Crippen molar-refractivity contribution in [3.05, 3.63) is 29.6 Å². The standard InChI is InChI=1S/C12H16FNOS/c1-8-6-16-7-10(14-8)12-9(13)4-3-5-11(12)15-2/h3-5,8,10,14H,6-7H2,1-2H3. The molecule has 16 heavy (non-hydrogen) atoms. The molecule has 0 spiro atoms. The van der Waals surface area contributed by atoms with E-state index in [9.17, 15) is 4.39 Å². The van der Waals surface area contributed by atoms with Crippen molar-refractivity contribution in [3.63, 3.8) is 0 Å². The van der Waals surface area contributed by atoms with Gasteiger partial charge >= 0.3 is 0 Å². The first-order chi connectivity index (χ1) is 7.72. The van der Waals surface area contributed by atoms with E-state index in [1.165, 1.54) is 6.07 Å². The number of ether oxygens (including phenoxy) is 1. The van der Waals surface area contributed by atoms with E-state index >= 15 is 0 Å². The summed E-state index contributed by atoms with van der Waals surface area (Å²) >= 11 is 1.85. The maximum Gasteiger partial charge on any atom is 0.131 e. The van der Waals surface area contributed by atoms with Gasteiger partial charge in [0, 0.05) is 29.2 Å². The number of thioether (sulfide) groups is 1. The molecule has 1 saturated heterocycles. The van der Waals surface area contributed by atoms with Gasteiger partial charge in [-0.15, -0.1) is 0 Å². The van der Waals surface area contributed by atoms with Gasteiger partial charge < -0.3 is 10.1 Å². The summed E-state index contributed by atoms with van der Waals surface area (Å²) in [7, 11) is 1.58. The number of hydrogen-bond donors (Lipinski definition) is 1. The maximum absolute atomic E-state index is 13.8. The molecule has 0 saturated carbocycles. The normalized spacial score (nSPS) is 25.4. The zero-order valence-electron chi connectivity index (χ0n) is 9.50. The molecule has 1 aliphatic rings. The quantitative estimate of drug-likeness (QED) is 0.860. The lowest BCUT2D eigenvalue weighted by molar-refractivity contribution is 0.388. The fourth-order valence-electron chi connectivity index (χ4n) is 2.00. The van der Waals surface area contributed by atoms with E-state index in [4.69, 9.17) is 4.74 Å². The van der Waals surface area contributed by atoms with Gasteiger partial charge in [-0.2, -0.15) is 11.8 Å². The molecule has 0 aromatic heterocycles. The highest BCUT2D eigenvalue weighted by Crippen LogP contribution is 2.32. The minimum Gasteiger partial charge on any atom is -0.496 e. The highest BCUT2D eigenvalue weighted by Gasteiger charge is 2.25. The monoisotopic (exact) mass is 241 g/mol. The van der Waals surface area contributed by atoms with Crippen LogP contribution in [0.25, 0.3) is 0 Å². The molecule has 0 aliphatic carbocycles. The SMILES string of the molecule is COc1cccc(F)c1C1CSCC(C)N1. The number of nitrogens with one attached hydrogen (secondary N) is 1. The van der Waals surface area contributed by atoms with Crippen LogP contribution in [0.3, 0.4) is 0 Å². The van der Waals surface area contributed by atoms with Crippen molar-refractivity contribution < 1.29 is 9.13 Å². The Kier molecular flexibility index (Phi) is 3.71. The summed E-state index contributed by atoms with van der Waals surface area (Å²) in [5.41, 5.74) is 0.657. The van der Waals surface area contributed by atoms with Gasteiger partial charge in [-0.25, -0.2) is 4.39 Å². The van der Waals surface area contributed by atoms with Gasteiger partial charge in [0.1, 0.15) is 11.6 Å². The van der Waals surface area contributed by atoms with E-state index in [0.717, 1.165) is 11.5 Å². The first kappa shape index (κ1) is 11.7. The van der Waals surface area contributed by atoms with E-state index in [-0.39, 0.29) is 11.9 Å². The molecule has 1 N–H and O–H groups in total. The smallest absolute Gasteiger partial charge is 0.131 e. The molecule has 1 heterocycles. The summed E-state index contributed by atoms with van der Waals surface area (Å²) in [6.45, 7) is 2.12. The molecule has 1 aromatic carbocycles. The van der Waals surface area contributed by atoms with E-state index in [1.807, 2.05) is 17.8 Å². The predicted molar refractivity (Wildman–Crippen MR) is 65.6 cm³/mol. The molecule has 1 aliphatic heterocycles. The lowest BCUT2D eigenvalue weighted by Crippen LogP contribution is -2.38. The average Bonchev–Trinajstić information content (AvgIpc) is 2.28. The van der Waals surface area contributed by atoms with Crippen LogP contribution in [-0.2, 0) is 0 Å². The number of halogens is 1. The summed E-state index contributed by atoms with van der Waals surface area (Å²) in [6, 6.07) is 5.43. The van der Waals surface area contributed by atoms with E-state index in [2.05, 4.69) is 12.2 Å². The Morgan fingerprint density at radius 1 is 1.44 bits per heavy atom. The summed E-state index contributed by atoms with van der Waals surface area (Å²) < 4.78 is 19.0. The molecule has 2 atom stereocenters. The predicted octanol–water partition coefficient (Wildman–Crippen LogP) is 2.60. The summed E-state index contributed by atoms with van der Waals surface area (Å²) in [5, 5.41) is 3.41. The molecule has 2 unspecified atom stereocenters. The van der Waals surface area contributed by atoms with Gasteiger partial charge in [0.2, 0.25) is 0 Å². The highest BCUT2D eigenvalue weighted by atomic mass is 32.2. The van der Waals surface area contributed by atoms with Crippen molar-refractivity contribution >= 4 is 11.8 Å². The maximum atomic E-state index is 13.8. The molecule has 1 fully saturated rings. The second-order valence-corrected chi connectivity index (χ2v) is 5.09. The third kappa shape index (κ3) is 2.33. The molecule has 2 nitrogen and oxygen atoms in total. The number of benzene rings is 1. The third-order valence-electron chi connectivity index (χ3n) is 2.72. The van der Waals surface area contributed by atoms with Gasteiger partial charge in [-0.1, -0.05) is 6.07 Å². The van der Waals surface area contributed by atoms with Crippen LogP contribution >= 0.6 is 11.8 Å². The molecule has 88 valence electrons. The summed E-state index contributed by atoms with van der Waals surface area (Å²) in [5.74, 6) is 2.41. The minimum atomic E-state index is -0.188. The second-order valence-electron chi connectivity index (χ2n) is 4.01. The topological polar surface area (TPSA) is 21.3 Å². The number of hydrogen-bond acceptors (Lipinski definition) is 3. The first-order valence-corrected chi connectivity index (χ1v) is 6.54. The lowest BCUT2D eigenvalue weighted by Gasteiger charge is -2.29. The molecule has 0 bridgehead atoms. The van der Waals surface area contributed by atoms with Crippen molar-refractivity contribution in [2.75, 3.05) is 18.6 Å². The highest BCUT2D eigenvalue weighted by molar-refractivity contribution is 7.99. The fraction of sp³-hybridized carbons (Fsp3) is 0.500. The zero-order valence-corrected chi connectivity index (χ0v) is 10.3. The fourth-order valence-corrected chi connectivity index (χ4v) is 3.09. The van der Waals surface area contributed by atoms with Gasteiger partial charge in [0.15, 0.2) is 0 Å². The van der Waals surface area contributed by atoms with E-state index < -0.39 is 0 Å². The van der Waals surface area contributed by atoms with Crippen LogP contribution in [-0.4, -0.2) is 24.7 Å². The van der Waals surface area contributed by atoms with Crippen molar-refractivity contribution in [1.82, 2.24) is 5.32 Å². The van der Waals surface area contributed by atoms with Crippen LogP contribution in [0.4, 0.5) is 4.39 Å². The van der Waals surface area contributed by atoms with Crippen LogP contribution in [0.2, 0.25) is 0 Å². The first-order valence-electron chi connectivity index (χ1n) is 5.38. The molecule has 4 heteroatoms. The molecular weight excluding hydrogens is 225 g/mol. The Morgan fingerprint density at radius 2 is 2.25 bits per heavy atom. The zero-order chi connectivity index (χ0) is 11.5. The molecule has 0 amide bonds. The van der Waals surface area contributed by atoms with Crippen LogP contribution in [0.15, 0.2) is 18.2 Å². The molecule has 0 radical (unpaired) electrons. The Bertz CT molecular complexity index is 372. The Balaban J connectivity index is 2.30. The molecular formula is C12H16FNOS. The van der Waals surface area contributed by atoms with E-state index in [0.29, 0.717) is 17.4 Å². The minimum absolute atomic E-state index is 0.0462. The van der Waals surface area contributed by atoms with E-state index in [1.54, 1.807) is 13.2 Å². The number of rotatable bonds is 2. The van der Waals surface area contributed by atoms with Gasteiger partial charge in [0.05, 0.1) is 7.11 Å². The van der Waals surface area contributed by atoms with Crippen LogP contribution in [0.1, 0.15) is 18.5 Å². The van der Waals surface area contributed by atoms with Gasteiger partial charge in [0.25, 0.3) is 0 Å². The van der Waals surface area contributed by atoms with Gasteiger partial charge in [-0.05, 0) is 19.1 Å². The van der Waals surface area contributed by atoms with Crippen LogP contribution in [0.5, 0.6) is 5.75 Å². The summed E-state index contributed by atoms with van der Waals surface area (Å²) in [6.07, 6.45) is 0. The van der Waals surface area contributed by atoms with Crippen molar-refractivity contribution in [2.45, 2.75) is 19.0 Å². The van der Waals surface area contributed by atoms with Crippen LogP contribution in [0, 0.1) is 5.82 Å². The largest absolute Gasteiger partial charge is 0.496 e. The summed E-state index contributed by atoms with van der Waals surface area (Å²) in [4.78, 5) is 0. The Labute approximate surface area is 99.6 Å². The third-order valence-corrected chi connectivity index (χ3v) is 4.02. The lowest BCUT2D eigenvalue weighted by atomic mass is 10.1. The van der Waals surface area contributed by atoms with Gasteiger partial charge in [-0.3, -0.25) is 0 Å². The second kappa shape index (κ2) is 5.06. The Hall–Kier alpha value is -0.740. The Morgan fingerprint density at radius 3 is 2.94 bits per heavy atom. The van der Waals surface area contributed by atoms with Crippen LogP contribution < -0.4 is 10.1 Å². The molecule has 1 aromatic rings. The van der Waals surface area contributed by atoms with Crippen molar-refractivity contribution in [2.24, 2.45) is 0 Å². The molecule has 2 rings (SSSR count).